The number of rotatable bonds is 3. The fourth-order valence-corrected chi connectivity index (χ4v) is 2.14. The number of benzene rings is 2. The zero-order valence-corrected chi connectivity index (χ0v) is 11.4. The van der Waals surface area contributed by atoms with Gasteiger partial charge in [0.25, 0.3) is 0 Å². The highest BCUT2D eigenvalue weighted by molar-refractivity contribution is 5.76. The Labute approximate surface area is 121 Å². The van der Waals surface area contributed by atoms with Crippen LogP contribution in [0.2, 0.25) is 0 Å². The van der Waals surface area contributed by atoms with Gasteiger partial charge < -0.3 is 15.6 Å². The molecule has 106 valence electrons. The molecule has 0 fully saturated rings. The van der Waals surface area contributed by atoms with E-state index >= 15 is 0 Å². The second kappa shape index (κ2) is 5.16. The molecule has 1 aromatic heterocycles. The maximum Gasteiger partial charge on any atom is 0.156 e. The molecule has 1 heterocycles. The number of ether oxygens (including phenoxy) is 1. The first kappa shape index (κ1) is 13.0. The molecule has 21 heavy (non-hydrogen) atoms. The van der Waals surface area contributed by atoms with Gasteiger partial charge in [-0.15, -0.1) is 5.10 Å². The van der Waals surface area contributed by atoms with E-state index in [2.05, 4.69) is 10.3 Å². The monoisotopic (exact) mass is 282 g/mol. The van der Waals surface area contributed by atoms with E-state index in [1.807, 2.05) is 24.3 Å². The summed E-state index contributed by atoms with van der Waals surface area (Å²) in [7, 11) is 1.59. The van der Waals surface area contributed by atoms with Crippen molar-refractivity contribution in [3.63, 3.8) is 0 Å². The third kappa shape index (κ3) is 2.16. The van der Waals surface area contributed by atoms with Gasteiger partial charge >= 0.3 is 0 Å². The van der Waals surface area contributed by atoms with Crippen LogP contribution in [-0.2, 0) is 0 Å². The SMILES string of the molecule is COc1ccccc1-c1nnn(-c2ccccc2O)c1N. The van der Waals surface area contributed by atoms with Gasteiger partial charge in [0.1, 0.15) is 22.9 Å². The van der Waals surface area contributed by atoms with Gasteiger partial charge in [0, 0.05) is 5.56 Å². The Kier molecular flexibility index (Phi) is 3.19. The van der Waals surface area contributed by atoms with Crippen molar-refractivity contribution >= 4 is 5.82 Å². The van der Waals surface area contributed by atoms with Crippen molar-refractivity contribution in [2.24, 2.45) is 0 Å². The molecule has 0 spiro atoms. The summed E-state index contributed by atoms with van der Waals surface area (Å²) in [4.78, 5) is 0. The van der Waals surface area contributed by atoms with E-state index in [0.29, 0.717) is 22.9 Å². The fraction of sp³-hybridized carbons (Fsp3) is 0.0667. The average molecular weight is 282 g/mol. The van der Waals surface area contributed by atoms with E-state index in [1.165, 1.54) is 4.68 Å². The number of anilines is 1. The zero-order valence-electron chi connectivity index (χ0n) is 11.4. The normalized spacial score (nSPS) is 10.5. The minimum absolute atomic E-state index is 0.0840. The van der Waals surface area contributed by atoms with Gasteiger partial charge in [-0.3, -0.25) is 0 Å². The van der Waals surface area contributed by atoms with Crippen molar-refractivity contribution in [2.45, 2.75) is 0 Å². The van der Waals surface area contributed by atoms with Crippen LogP contribution in [0.25, 0.3) is 16.9 Å². The quantitative estimate of drug-likeness (QED) is 0.769. The predicted molar refractivity (Wildman–Crippen MR) is 79.4 cm³/mol. The lowest BCUT2D eigenvalue weighted by molar-refractivity contribution is 0.416. The van der Waals surface area contributed by atoms with Crippen LogP contribution in [0.3, 0.4) is 0 Å². The van der Waals surface area contributed by atoms with Crippen LogP contribution in [0.1, 0.15) is 0 Å². The van der Waals surface area contributed by atoms with Crippen LogP contribution >= 0.6 is 0 Å². The number of hydrogen-bond donors (Lipinski definition) is 2. The summed E-state index contributed by atoms with van der Waals surface area (Å²) in [5.74, 6) is 1.08. The Bertz CT molecular complexity index is 783. The highest BCUT2D eigenvalue weighted by atomic mass is 16.5. The van der Waals surface area contributed by atoms with E-state index in [4.69, 9.17) is 10.5 Å². The molecule has 2 aromatic carbocycles. The molecule has 0 unspecified atom stereocenters. The van der Waals surface area contributed by atoms with Crippen molar-refractivity contribution < 1.29 is 9.84 Å². The van der Waals surface area contributed by atoms with Gasteiger partial charge in [0.05, 0.1) is 7.11 Å². The molecule has 3 aromatic rings. The Hall–Kier alpha value is -3.02. The molecule has 0 atom stereocenters. The number of aromatic nitrogens is 3. The number of nitrogens with zero attached hydrogens (tertiary/aromatic N) is 3. The van der Waals surface area contributed by atoms with E-state index in [1.54, 1.807) is 31.4 Å². The van der Waals surface area contributed by atoms with Gasteiger partial charge in [-0.1, -0.05) is 29.5 Å². The summed E-state index contributed by atoms with van der Waals surface area (Å²) in [6, 6.07) is 14.2. The molecular weight excluding hydrogens is 268 g/mol. The molecule has 0 saturated carbocycles. The first-order chi connectivity index (χ1) is 10.2. The number of aromatic hydroxyl groups is 1. The molecule has 0 aliphatic heterocycles. The van der Waals surface area contributed by atoms with Crippen molar-refractivity contribution in [1.29, 1.82) is 0 Å². The Morgan fingerprint density at radius 3 is 2.57 bits per heavy atom. The summed E-state index contributed by atoms with van der Waals surface area (Å²) in [5.41, 5.74) is 7.87. The minimum Gasteiger partial charge on any atom is -0.506 e. The van der Waals surface area contributed by atoms with Gasteiger partial charge in [0.2, 0.25) is 0 Å². The average Bonchev–Trinajstić information content (AvgIpc) is 2.89. The summed E-state index contributed by atoms with van der Waals surface area (Å²) in [6.07, 6.45) is 0. The van der Waals surface area contributed by atoms with Gasteiger partial charge in [-0.25, -0.2) is 0 Å². The van der Waals surface area contributed by atoms with Crippen LogP contribution in [0, 0.1) is 0 Å². The standard InChI is InChI=1S/C15H14N4O2/c1-21-13-9-5-2-6-10(13)14-15(16)19(18-17-14)11-7-3-4-8-12(11)20/h2-9,20H,16H2,1H3. The molecule has 6 heteroatoms. The highest BCUT2D eigenvalue weighted by Crippen LogP contribution is 2.33. The Morgan fingerprint density at radius 2 is 1.81 bits per heavy atom. The molecule has 0 radical (unpaired) electrons. The van der Waals surface area contributed by atoms with Crippen molar-refractivity contribution in [2.75, 3.05) is 12.8 Å². The highest BCUT2D eigenvalue weighted by Gasteiger charge is 2.17. The first-order valence-electron chi connectivity index (χ1n) is 6.35. The molecule has 0 bridgehead atoms. The Balaban J connectivity index is 2.14. The van der Waals surface area contributed by atoms with Crippen molar-refractivity contribution in [3.8, 4) is 28.4 Å². The second-order valence-corrected chi connectivity index (χ2v) is 4.42. The number of nitrogen functional groups attached to an aromatic ring is 1. The van der Waals surface area contributed by atoms with Crippen LogP contribution in [0.5, 0.6) is 11.5 Å². The van der Waals surface area contributed by atoms with Gasteiger partial charge in [-0.2, -0.15) is 4.68 Å². The summed E-state index contributed by atoms with van der Waals surface area (Å²) < 4.78 is 6.71. The van der Waals surface area contributed by atoms with Crippen molar-refractivity contribution in [1.82, 2.24) is 15.0 Å². The summed E-state index contributed by atoms with van der Waals surface area (Å²) in [5, 5.41) is 18.0. The molecule has 6 nitrogen and oxygen atoms in total. The first-order valence-corrected chi connectivity index (χ1v) is 6.35. The smallest absolute Gasteiger partial charge is 0.156 e. The number of methoxy groups -OCH3 is 1. The largest absolute Gasteiger partial charge is 0.506 e. The van der Waals surface area contributed by atoms with E-state index in [9.17, 15) is 5.11 Å². The number of phenolic OH excluding ortho intramolecular Hbond substituents is 1. The summed E-state index contributed by atoms with van der Waals surface area (Å²) in [6.45, 7) is 0. The van der Waals surface area contributed by atoms with Gasteiger partial charge in [0.15, 0.2) is 5.82 Å². The molecule has 3 N–H and O–H groups in total. The Morgan fingerprint density at radius 1 is 1.10 bits per heavy atom. The van der Waals surface area contributed by atoms with Crippen LogP contribution in [-0.4, -0.2) is 27.2 Å². The number of phenols is 1. The maximum atomic E-state index is 9.90. The topological polar surface area (TPSA) is 86.2 Å². The molecule has 0 amide bonds. The van der Waals surface area contributed by atoms with Crippen LogP contribution < -0.4 is 10.5 Å². The fourth-order valence-electron chi connectivity index (χ4n) is 2.14. The number of nitrogens with two attached hydrogens (primary N) is 1. The van der Waals surface area contributed by atoms with E-state index in [-0.39, 0.29) is 5.75 Å². The predicted octanol–water partition coefficient (Wildman–Crippen LogP) is 2.23. The van der Waals surface area contributed by atoms with Crippen molar-refractivity contribution in [3.05, 3.63) is 48.5 Å². The lowest BCUT2D eigenvalue weighted by Gasteiger charge is -2.07. The molecular formula is C15H14N4O2. The third-order valence-corrected chi connectivity index (χ3v) is 3.18. The molecule has 0 aliphatic rings. The van der Waals surface area contributed by atoms with Gasteiger partial charge in [-0.05, 0) is 24.3 Å². The molecule has 0 saturated heterocycles. The lowest BCUT2D eigenvalue weighted by atomic mass is 10.1. The van der Waals surface area contributed by atoms with E-state index in [0.717, 1.165) is 5.56 Å². The number of para-hydroxylation sites is 3. The number of hydrogen-bond acceptors (Lipinski definition) is 5. The zero-order chi connectivity index (χ0) is 14.8. The molecule has 0 aliphatic carbocycles. The lowest BCUT2D eigenvalue weighted by Crippen LogP contribution is -2.02. The third-order valence-electron chi connectivity index (χ3n) is 3.18. The van der Waals surface area contributed by atoms with Crippen LogP contribution in [0.15, 0.2) is 48.5 Å². The molecule has 3 rings (SSSR count). The van der Waals surface area contributed by atoms with Crippen LogP contribution in [0.4, 0.5) is 5.82 Å². The maximum absolute atomic E-state index is 9.90. The van der Waals surface area contributed by atoms with E-state index < -0.39 is 0 Å². The second-order valence-electron chi connectivity index (χ2n) is 4.42. The minimum atomic E-state index is 0.0840. The summed E-state index contributed by atoms with van der Waals surface area (Å²) >= 11 is 0.